The fourth-order valence-electron chi connectivity index (χ4n) is 3.48. The molecule has 1 aromatic carbocycles. The topological polar surface area (TPSA) is 120 Å². The van der Waals surface area contributed by atoms with Crippen molar-refractivity contribution < 1.29 is 33.4 Å². The predicted molar refractivity (Wildman–Crippen MR) is 135 cm³/mol. The number of amides is 2. The maximum absolute atomic E-state index is 13.2. The Bertz CT molecular complexity index is 1140. The molecule has 1 atom stereocenters. The quantitative estimate of drug-likeness (QED) is 0.457. The van der Waals surface area contributed by atoms with Gasteiger partial charge in [0, 0.05) is 11.4 Å². The molecule has 36 heavy (non-hydrogen) atoms. The van der Waals surface area contributed by atoms with Crippen LogP contribution < -0.4 is 10.6 Å². The molecular weight excluding hydrogens is 484 g/mol. The summed E-state index contributed by atoms with van der Waals surface area (Å²) in [6.45, 7) is 10.6. The van der Waals surface area contributed by atoms with Crippen molar-refractivity contribution in [1.29, 1.82) is 0 Å². The van der Waals surface area contributed by atoms with Gasteiger partial charge >= 0.3 is 17.8 Å². The summed E-state index contributed by atoms with van der Waals surface area (Å²) in [6, 6.07) is 9.43. The normalized spacial score (nSPS) is 15.4. The molecule has 1 aliphatic rings. The second-order valence-electron chi connectivity index (χ2n) is 10.3. The largest absolute Gasteiger partial charge is 0.456 e. The van der Waals surface area contributed by atoms with Crippen molar-refractivity contribution in [2.75, 3.05) is 11.9 Å². The lowest BCUT2D eigenvalue weighted by molar-refractivity contribution is -0.161. The highest BCUT2D eigenvalue weighted by Gasteiger charge is 2.37. The Morgan fingerprint density at radius 2 is 1.64 bits per heavy atom. The van der Waals surface area contributed by atoms with E-state index in [2.05, 4.69) is 10.6 Å². The van der Waals surface area contributed by atoms with Gasteiger partial charge in [0.1, 0.15) is 16.2 Å². The van der Waals surface area contributed by atoms with Crippen LogP contribution in [0.5, 0.6) is 0 Å². The number of anilines is 1. The van der Waals surface area contributed by atoms with E-state index in [9.17, 15) is 19.2 Å². The molecule has 2 heterocycles. The third kappa shape index (κ3) is 7.14. The Balaban J connectivity index is 1.91. The van der Waals surface area contributed by atoms with Crippen molar-refractivity contribution in [2.24, 2.45) is 0 Å². The molecular formula is C26H32N2O7S. The molecule has 2 N–H and O–H groups in total. The lowest BCUT2D eigenvalue weighted by Gasteiger charge is -2.24. The van der Waals surface area contributed by atoms with E-state index in [4.69, 9.17) is 14.2 Å². The number of nitrogens with one attached hydrogen (secondary N) is 2. The number of ether oxygens (including phenoxy) is 3. The molecule has 0 spiro atoms. The van der Waals surface area contributed by atoms with Gasteiger partial charge in [-0.3, -0.25) is 9.59 Å². The highest BCUT2D eigenvalue weighted by Crippen LogP contribution is 2.42. The summed E-state index contributed by atoms with van der Waals surface area (Å²) < 4.78 is 16.5. The molecule has 0 radical (unpaired) electrons. The maximum atomic E-state index is 13.2. The van der Waals surface area contributed by atoms with Crippen molar-refractivity contribution >= 4 is 40.1 Å². The van der Waals surface area contributed by atoms with E-state index in [1.165, 1.54) is 0 Å². The van der Waals surface area contributed by atoms with Crippen molar-refractivity contribution in [3.05, 3.63) is 51.9 Å². The first-order chi connectivity index (χ1) is 16.7. The zero-order chi connectivity index (χ0) is 26.7. The first kappa shape index (κ1) is 27.3. The second-order valence-corrected chi connectivity index (χ2v) is 11.4. The van der Waals surface area contributed by atoms with Crippen molar-refractivity contribution in [2.45, 2.75) is 71.8 Å². The molecule has 0 aliphatic carbocycles. The van der Waals surface area contributed by atoms with Gasteiger partial charge in [-0.1, -0.05) is 30.3 Å². The monoisotopic (exact) mass is 516 g/mol. The minimum atomic E-state index is -1.09. The van der Waals surface area contributed by atoms with Crippen LogP contribution in [-0.4, -0.2) is 41.6 Å². The number of carbonyl (C=O) groups excluding carboxylic acids is 4. The van der Waals surface area contributed by atoms with E-state index in [1.807, 2.05) is 30.3 Å². The van der Waals surface area contributed by atoms with E-state index in [1.54, 1.807) is 41.5 Å². The Morgan fingerprint density at radius 3 is 2.25 bits per heavy atom. The highest BCUT2D eigenvalue weighted by molar-refractivity contribution is 7.17. The van der Waals surface area contributed by atoms with Crippen molar-refractivity contribution in [3.8, 4) is 0 Å². The first-order valence-electron chi connectivity index (χ1n) is 11.6. The summed E-state index contributed by atoms with van der Waals surface area (Å²) >= 11 is 1.01. The van der Waals surface area contributed by atoms with Crippen molar-refractivity contribution in [1.82, 2.24) is 5.32 Å². The van der Waals surface area contributed by atoms with E-state index in [-0.39, 0.29) is 23.1 Å². The molecule has 1 aromatic heterocycles. The molecule has 10 heteroatoms. The van der Waals surface area contributed by atoms with Gasteiger partial charge in [-0.05, 0) is 59.1 Å². The number of hydrogen-bond acceptors (Lipinski definition) is 8. The molecule has 2 amide bonds. The molecule has 1 aliphatic heterocycles. The summed E-state index contributed by atoms with van der Waals surface area (Å²) in [4.78, 5) is 51.5. The number of thiophene rings is 1. The van der Waals surface area contributed by atoms with E-state index in [0.29, 0.717) is 23.4 Å². The second kappa shape index (κ2) is 10.8. The van der Waals surface area contributed by atoms with Gasteiger partial charge in [0.25, 0.3) is 5.91 Å². The smallest absolute Gasteiger partial charge is 0.397 e. The number of carbonyl (C=O) groups is 4. The van der Waals surface area contributed by atoms with Crippen LogP contribution in [0.25, 0.3) is 0 Å². The van der Waals surface area contributed by atoms with Crippen molar-refractivity contribution in [3.63, 3.8) is 0 Å². The fraction of sp³-hybridized carbons (Fsp3) is 0.462. The summed E-state index contributed by atoms with van der Waals surface area (Å²) in [6.07, 6.45) is -0.638. The zero-order valence-corrected chi connectivity index (χ0v) is 22.2. The SMILES string of the molecule is CC(C)(C)OC(=O)C(=O)Nc1sc2c(c1C(=O)OC(C)(C)C)CCOC2C(=O)NCc1ccccc1. The Morgan fingerprint density at radius 1 is 1.00 bits per heavy atom. The highest BCUT2D eigenvalue weighted by atomic mass is 32.1. The number of benzene rings is 1. The molecule has 1 unspecified atom stereocenters. The van der Waals surface area contributed by atoms with E-state index < -0.39 is 35.2 Å². The van der Waals surface area contributed by atoms with Gasteiger partial charge in [-0.25, -0.2) is 9.59 Å². The van der Waals surface area contributed by atoms with Gasteiger partial charge in [0.05, 0.1) is 12.2 Å². The molecule has 0 fully saturated rings. The van der Waals surface area contributed by atoms with E-state index >= 15 is 0 Å². The number of hydrogen-bond donors (Lipinski definition) is 2. The van der Waals surface area contributed by atoms with Crippen LogP contribution in [0.3, 0.4) is 0 Å². The third-order valence-electron chi connectivity index (χ3n) is 4.88. The molecule has 0 saturated carbocycles. The van der Waals surface area contributed by atoms with Crippen LogP contribution in [0, 0.1) is 0 Å². The zero-order valence-electron chi connectivity index (χ0n) is 21.4. The standard InChI is InChI=1S/C26H32N2O7S/c1-25(2,3)34-23(31)17-16-12-13-33-18(20(29)27-14-15-10-8-7-9-11-15)19(16)36-22(17)28-21(30)24(32)35-26(4,5)6/h7-11,18H,12-14H2,1-6H3,(H,27,29)(H,28,30). The lowest BCUT2D eigenvalue weighted by atomic mass is 10.0. The summed E-state index contributed by atoms with van der Waals surface area (Å²) in [5.74, 6) is -3.15. The molecule has 9 nitrogen and oxygen atoms in total. The summed E-state index contributed by atoms with van der Waals surface area (Å²) in [5.41, 5.74) is -0.0678. The Hall–Kier alpha value is -3.24. The average molecular weight is 517 g/mol. The minimum Gasteiger partial charge on any atom is -0.456 e. The van der Waals surface area contributed by atoms with Gasteiger partial charge in [0.2, 0.25) is 0 Å². The predicted octanol–water partition coefficient (Wildman–Crippen LogP) is 3.91. The van der Waals surface area contributed by atoms with Gasteiger partial charge in [0.15, 0.2) is 6.10 Å². The minimum absolute atomic E-state index is 0.108. The molecule has 0 saturated heterocycles. The van der Waals surface area contributed by atoms with Crippen LogP contribution in [0.2, 0.25) is 0 Å². The maximum Gasteiger partial charge on any atom is 0.397 e. The number of esters is 2. The third-order valence-corrected chi connectivity index (χ3v) is 6.07. The number of rotatable bonds is 5. The molecule has 3 rings (SSSR count). The molecule has 2 aromatic rings. The van der Waals surface area contributed by atoms with Gasteiger partial charge in [-0.2, -0.15) is 0 Å². The van der Waals surface area contributed by atoms with Crippen LogP contribution >= 0.6 is 11.3 Å². The van der Waals surface area contributed by atoms with E-state index in [0.717, 1.165) is 16.9 Å². The number of fused-ring (bicyclic) bond motifs is 1. The molecule has 194 valence electrons. The lowest BCUT2D eigenvalue weighted by Crippen LogP contribution is -2.33. The van der Waals surface area contributed by atoms with Gasteiger partial charge in [-0.15, -0.1) is 11.3 Å². The average Bonchev–Trinajstić information content (AvgIpc) is 3.13. The summed E-state index contributed by atoms with van der Waals surface area (Å²) in [7, 11) is 0. The van der Waals surface area contributed by atoms with Crippen LogP contribution in [0.1, 0.15) is 74.0 Å². The van der Waals surface area contributed by atoms with Crippen LogP contribution in [-0.2, 0) is 41.6 Å². The first-order valence-corrected chi connectivity index (χ1v) is 12.4. The Labute approximate surface area is 214 Å². The summed E-state index contributed by atoms with van der Waals surface area (Å²) in [5, 5.41) is 5.45. The Kier molecular flexibility index (Phi) is 8.20. The van der Waals surface area contributed by atoms with Crippen LogP contribution in [0.4, 0.5) is 5.00 Å². The van der Waals surface area contributed by atoms with Gasteiger partial charge < -0.3 is 24.8 Å². The van der Waals surface area contributed by atoms with Crippen LogP contribution in [0.15, 0.2) is 30.3 Å². The fourth-order valence-corrected chi connectivity index (χ4v) is 4.76. The molecule has 0 bridgehead atoms.